The van der Waals surface area contributed by atoms with E-state index in [1.54, 1.807) is 7.11 Å². The summed E-state index contributed by atoms with van der Waals surface area (Å²) >= 11 is 0. The van der Waals surface area contributed by atoms with Gasteiger partial charge in [0.15, 0.2) is 5.60 Å². The molecular weight excluding hydrogens is 432 g/mol. The minimum atomic E-state index is -0.871. The second-order valence-electron chi connectivity index (χ2n) is 10.1. The highest BCUT2D eigenvalue weighted by Gasteiger charge is 2.49. The SMILES string of the molecule is COCCCCN1C(=O)C2(CCOCC2)Oc2ccc(C(=O)N(C(C)C)C3CCCCC3)cc21. The molecule has 2 aliphatic heterocycles. The summed E-state index contributed by atoms with van der Waals surface area (Å²) in [5, 5.41) is 0. The molecule has 0 unspecified atom stereocenters. The number of amides is 2. The van der Waals surface area contributed by atoms with Crippen molar-refractivity contribution < 1.29 is 23.8 Å². The molecule has 2 amide bonds. The van der Waals surface area contributed by atoms with Gasteiger partial charge in [0.25, 0.3) is 11.8 Å². The highest BCUT2D eigenvalue weighted by Crippen LogP contribution is 2.42. The molecule has 0 N–H and O–H groups in total. The summed E-state index contributed by atoms with van der Waals surface area (Å²) < 4.78 is 17.1. The molecule has 1 aromatic carbocycles. The lowest BCUT2D eigenvalue weighted by molar-refractivity contribution is -0.144. The fourth-order valence-electron chi connectivity index (χ4n) is 5.64. The Balaban J connectivity index is 1.64. The van der Waals surface area contributed by atoms with Crippen molar-refractivity contribution in [3.63, 3.8) is 0 Å². The molecular formula is C27H40N2O5. The van der Waals surface area contributed by atoms with Crippen molar-refractivity contribution in [2.24, 2.45) is 0 Å². The Labute approximate surface area is 203 Å². The van der Waals surface area contributed by atoms with Gasteiger partial charge in [-0.2, -0.15) is 0 Å². The van der Waals surface area contributed by atoms with E-state index in [1.165, 1.54) is 19.3 Å². The summed E-state index contributed by atoms with van der Waals surface area (Å²) in [5.74, 6) is 0.708. The van der Waals surface area contributed by atoms with Crippen LogP contribution in [0.1, 0.15) is 82.0 Å². The van der Waals surface area contributed by atoms with Gasteiger partial charge in [-0.05, 0) is 57.7 Å². The Hall–Kier alpha value is -2.12. The van der Waals surface area contributed by atoms with E-state index in [2.05, 4.69) is 18.7 Å². The quantitative estimate of drug-likeness (QED) is 0.519. The predicted molar refractivity (Wildman–Crippen MR) is 131 cm³/mol. The van der Waals surface area contributed by atoms with Gasteiger partial charge in [0.2, 0.25) is 0 Å². The van der Waals surface area contributed by atoms with Gasteiger partial charge >= 0.3 is 0 Å². The smallest absolute Gasteiger partial charge is 0.271 e. The number of hydrogen-bond acceptors (Lipinski definition) is 5. The highest BCUT2D eigenvalue weighted by molar-refractivity contribution is 6.05. The number of fused-ring (bicyclic) bond motifs is 1. The number of hydrogen-bond donors (Lipinski definition) is 0. The molecule has 0 radical (unpaired) electrons. The zero-order chi connectivity index (χ0) is 24.1. The Kier molecular flexibility index (Phi) is 8.14. The summed E-state index contributed by atoms with van der Waals surface area (Å²) in [4.78, 5) is 31.3. The number of anilines is 1. The molecule has 1 aliphatic carbocycles. The lowest BCUT2D eigenvalue weighted by Crippen LogP contribution is -2.58. The van der Waals surface area contributed by atoms with E-state index in [1.807, 2.05) is 23.1 Å². The van der Waals surface area contributed by atoms with Crippen LogP contribution in [0.2, 0.25) is 0 Å². The molecule has 1 saturated heterocycles. The molecule has 0 atom stereocenters. The normalized spacial score (nSPS) is 20.4. The van der Waals surface area contributed by atoms with Crippen LogP contribution in [0.5, 0.6) is 5.75 Å². The second kappa shape index (κ2) is 11.1. The van der Waals surface area contributed by atoms with E-state index < -0.39 is 5.60 Å². The molecule has 2 heterocycles. The Morgan fingerprint density at radius 1 is 1.18 bits per heavy atom. The summed E-state index contributed by atoms with van der Waals surface area (Å²) in [6, 6.07) is 6.03. The maximum Gasteiger partial charge on any atom is 0.271 e. The van der Waals surface area contributed by atoms with Crippen LogP contribution >= 0.6 is 0 Å². The van der Waals surface area contributed by atoms with Crippen molar-refractivity contribution in [3.05, 3.63) is 23.8 Å². The molecule has 7 nitrogen and oxygen atoms in total. The Morgan fingerprint density at radius 2 is 1.91 bits per heavy atom. The first-order valence-corrected chi connectivity index (χ1v) is 13.0. The van der Waals surface area contributed by atoms with Gasteiger partial charge in [0.05, 0.1) is 18.9 Å². The number of nitrogens with zero attached hydrogens (tertiary/aromatic N) is 2. The number of methoxy groups -OCH3 is 1. The number of unbranched alkanes of at least 4 members (excludes halogenated alkanes) is 1. The van der Waals surface area contributed by atoms with Crippen molar-refractivity contribution in [2.75, 3.05) is 38.4 Å². The van der Waals surface area contributed by atoms with Crippen LogP contribution < -0.4 is 9.64 Å². The van der Waals surface area contributed by atoms with Crippen molar-refractivity contribution in [1.29, 1.82) is 0 Å². The lowest BCUT2D eigenvalue weighted by atomic mass is 9.89. The van der Waals surface area contributed by atoms with E-state index in [0.29, 0.717) is 56.2 Å². The first-order chi connectivity index (χ1) is 16.5. The summed E-state index contributed by atoms with van der Waals surface area (Å²) in [7, 11) is 1.69. The maximum absolute atomic E-state index is 13.7. The predicted octanol–water partition coefficient (Wildman–Crippen LogP) is 4.57. The Bertz CT molecular complexity index is 859. The molecule has 34 heavy (non-hydrogen) atoms. The third-order valence-corrected chi connectivity index (χ3v) is 7.48. The molecule has 1 spiro atoms. The molecule has 2 fully saturated rings. The number of ether oxygens (including phenoxy) is 3. The largest absolute Gasteiger partial charge is 0.475 e. The molecule has 188 valence electrons. The van der Waals surface area contributed by atoms with Gasteiger partial charge in [-0.1, -0.05) is 19.3 Å². The van der Waals surface area contributed by atoms with Crippen LogP contribution in [0.25, 0.3) is 0 Å². The fourth-order valence-corrected chi connectivity index (χ4v) is 5.64. The standard InChI is InChI=1S/C27H40N2O5/c1-20(2)29(22-9-5-4-6-10-22)25(30)21-11-12-24-23(19-21)28(15-7-8-16-32-3)26(31)27(34-24)13-17-33-18-14-27/h11-12,19-20,22H,4-10,13-18H2,1-3H3. The van der Waals surface area contributed by atoms with Crippen LogP contribution in [-0.4, -0.2) is 67.9 Å². The number of benzene rings is 1. The van der Waals surface area contributed by atoms with E-state index in [4.69, 9.17) is 14.2 Å². The number of carbonyl (C=O) groups excluding carboxylic acids is 2. The van der Waals surface area contributed by atoms with Gasteiger partial charge in [0, 0.05) is 50.8 Å². The van der Waals surface area contributed by atoms with E-state index in [-0.39, 0.29) is 23.9 Å². The van der Waals surface area contributed by atoms with Crippen molar-refractivity contribution in [2.45, 2.75) is 89.3 Å². The second-order valence-corrected chi connectivity index (χ2v) is 10.1. The highest BCUT2D eigenvalue weighted by atomic mass is 16.5. The van der Waals surface area contributed by atoms with Gasteiger partial charge in [-0.25, -0.2) is 0 Å². The zero-order valence-electron chi connectivity index (χ0n) is 21.0. The molecule has 4 rings (SSSR count). The van der Waals surface area contributed by atoms with E-state index >= 15 is 0 Å². The lowest BCUT2D eigenvalue weighted by Gasteiger charge is -2.44. The van der Waals surface area contributed by atoms with Crippen molar-refractivity contribution in [3.8, 4) is 5.75 Å². The Morgan fingerprint density at radius 3 is 2.59 bits per heavy atom. The molecule has 0 bridgehead atoms. The van der Waals surface area contributed by atoms with E-state index in [0.717, 1.165) is 25.7 Å². The summed E-state index contributed by atoms with van der Waals surface area (Å²) in [6.45, 7) is 6.45. The number of rotatable bonds is 8. The maximum atomic E-state index is 13.7. The molecule has 7 heteroatoms. The molecule has 0 aromatic heterocycles. The topological polar surface area (TPSA) is 68.3 Å². The third-order valence-electron chi connectivity index (χ3n) is 7.48. The first-order valence-electron chi connectivity index (χ1n) is 13.0. The average Bonchev–Trinajstić information content (AvgIpc) is 2.85. The van der Waals surface area contributed by atoms with Crippen LogP contribution in [-0.2, 0) is 14.3 Å². The summed E-state index contributed by atoms with van der Waals surface area (Å²) in [5.41, 5.74) is 0.460. The zero-order valence-corrected chi connectivity index (χ0v) is 21.0. The molecule has 3 aliphatic rings. The number of carbonyl (C=O) groups is 2. The monoisotopic (exact) mass is 472 g/mol. The van der Waals surface area contributed by atoms with Crippen molar-refractivity contribution in [1.82, 2.24) is 4.90 Å². The van der Waals surface area contributed by atoms with Gasteiger partial charge < -0.3 is 24.0 Å². The van der Waals surface area contributed by atoms with Crippen LogP contribution in [0.3, 0.4) is 0 Å². The van der Waals surface area contributed by atoms with Crippen LogP contribution in [0.4, 0.5) is 5.69 Å². The fraction of sp³-hybridized carbons (Fsp3) is 0.704. The van der Waals surface area contributed by atoms with Crippen LogP contribution in [0.15, 0.2) is 18.2 Å². The van der Waals surface area contributed by atoms with Gasteiger partial charge in [0.1, 0.15) is 5.75 Å². The third kappa shape index (κ3) is 5.10. The average molecular weight is 473 g/mol. The van der Waals surface area contributed by atoms with Crippen molar-refractivity contribution >= 4 is 17.5 Å². The van der Waals surface area contributed by atoms with Gasteiger partial charge in [-0.15, -0.1) is 0 Å². The van der Waals surface area contributed by atoms with Crippen LogP contribution in [0, 0.1) is 0 Å². The van der Waals surface area contributed by atoms with Gasteiger partial charge in [-0.3, -0.25) is 9.59 Å². The first kappa shape index (κ1) is 25.0. The minimum Gasteiger partial charge on any atom is -0.475 e. The summed E-state index contributed by atoms with van der Waals surface area (Å²) in [6.07, 6.45) is 8.51. The minimum absolute atomic E-state index is 0.0155. The van der Waals surface area contributed by atoms with E-state index in [9.17, 15) is 9.59 Å². The molecule has 1 saturated carbocycles. The molecule has 1 aromatic rings.